The standard InChI is InChI=1S/C15H13ClFN5O3/c1-8-9-3-2-4-10(12(9)14(23)21(8)6-5-17)19-13-11(22(24)25)7-18-15(16)20-13/h2-4,7-8H,5-6H2,1H3,(H,18,19,20). The van der Waals surface area contributed by atoms with E-state index in [0.717, 1.165) is 6.20 Å². The number of hydrogen-bond donors (Lipinski definition) is 1. The molecular formula is C15H13ClFN5O3. The van der Waals surface area contributed by atoms with Crippen molar-refractivity contribution >= 4 is 34.7 Å². The van der Waals surface area contributed by atoms with Crippen LogP contribution in [0.2, 0.25) is 5.28 Å². The largest absolute Gasteiger partial charge is 0.334 e. The van der Waals surface area contributed by atoms with Crippen LogP contribution in [0.5, 0.6) is 0 Å². The first kappa shape index (κ1) is 17.0. The Morgan fingerprint density at radius 3 is 2.92 bits per heavy atom. The van der Waals surface area contributed by atoms with Crippen LogP contribution in [0, 0.1) is 10.1 Å². The van der Waals surface area contributed by atoms with E-state index in [4.69, 9.17) is 11.6 Å². The number of carbonyl (C=O) groups is 1. The van der Waals surface area contributed by atoms with Crippen LogP contribution >= 0.6 is 11.6 Å². The first-order valence-electron chi connectivity index (χ1n) is 7.37. The smallest absolute Gasteiger partial charge is 0.329 e. The van der Waals surface area contributed by atoms with Crippen LogP contribution in [-0.4, -0.2) is 38.9 Å². The summed E-state index contributed by atoms with van der Waals surface area (Å²) < 4.78 is 12.7. The van der Waals surface area contributed by atoms with Gasteiger partial charge in [-0.05, 0) is 30.2 Å². The highest BCUT2D eigenvalue weighted by molar-refractivity contribution is 6.28. The average molecular weight is 366 g/mol. The summed E-state index contributed by atoms with van der Waals surface area (Å²) >= 11 is 5.72. The monoisotopic (exact) mass is 365 g/mol. The summed E-state index contributed by atoms with van der Waals surface area (Å²) in [5.41, 5.74) is 1.02. The molecule has 130 valence electrons. The summed E-state index contributed by atoms with van der Waals surface area (Å²) in [7, 11) is 0. The number of fused-ring (bicyclic) bond motifs is 1. The van der Waals surface area contributed by atoms with E-state index in [1.807, 2.05) is 0 Å². The lowest BCUT2D eigenvalue weighted by atomic mass is 10.0. The molecule has 8 nitrogen and oxygen atoms in total. The van der Waals surface area contributed by atoms with Gasteiger partial charge >= 0.3 is 5.69 Å². The van der Waals surface area contributed by atoms with Gasteiger partial charge in [-0.2, -0.15) is 4.98 Å². The molecule has 1 amide bonds. The highest BCUT2D eigenvalue weighted by Crippen LogP contribution is 2.38. The van der Waals surface area contributed by atoms with Crippen molar-refractivity contribution in [3.05, 3.63) is 50.9 Å². The summed E-state index contributed by atoms with van der Waals surface area (Å²) in [6, 6.07) is 4.78. The first-order chi connectivity index (χ1) is 11.9. The summed E-state index contributed by atoms with van der Waals surface area (Å²) in [4.78, 5) is 31.9. The summed E-state index contributed by atoms with van der Waals surface area (Å²) in [6.07, 6.45) is 0.987. The van der Waals surface area contributed by atoms with E-state index >= 15 is 0 Å². The molecule has 1 aliphatic rings. The minimum Gasteiger partial charge on any atom is -0.334 e. The zero-order valence-corrected chi connectivity index (χ0v) is 13.8. The molecule has 0 aliphatic carbocycles. The number of halogens is 2. The number of amides is 1. The van der Waals surface area contributed by atoms with Gasteiger partial charge in [0.25, 0.3) is 5.91 Å². The molecule has 2 heterocycles. The number of nitro groups is 1. The van der Waals surface area contributed by atoms with E-state index in [2.05, 4.69) is 15.3 Å². The molecule has 1 atom stereocenters. The van der Waals surface area contributed by atoms with Gasteiger partial charge in [0.1, 0.15) is 12.9 Å². The predicted molar refractivity (Wildman–Crippen MR) is 88.8 cm³/mol. The van der Waals surface area contributed by atoms with Gasteiger partial charge in [0.15, 0.2) is 0 Å². The maximum atomic E-state index is 12.7. The van der Waals surface area contributed by atoms with Crippen LogP contribution in [0.3, 0.4) is 0 Å². The second kappa shape index (κ2) is 6.60. The Morgan fingerprint density at radius 2 is 2.24 bits per heavy atom. The third-order valence-corrected chi connectivity index (χ3v) is 4.19. The van der Waals surface area contributed by atoms with E-state index in [9.17, 15) is 19.3 Å². The van der Waals surface area contributed by atoms with Gasteiger partial charge in [-0.25, -0.2) is 9.37 Å². The number of aromatic nitrogens is 2. The quantitative estimate of drug-likeness (QED) is 0.495. The molecule has 1 unspecified atom stereocenters. The van der Waals surface area contributed by atoms with Crippen molar-refractivity contribution in [1.82, 2.24) is 14.9 Å². The second-order valence-electron chi connectivity index (χ2n) is 5.39. The molecule has 0 bridgehead atoms. The minimum absolute atomic E-state index is 0.0202. The molecule has 3 rings (SSSR count). The summed E-state index contributed by atoms with van der Waals surface area (Å²) in [5, 5.41) is 13.8. The van der Waals surface area contributed by atoms with Crippen molar-refractivity contribution in [3.63, 3.8) is 0 Å². The molecule has 1 aromatic heterocycles. The number of nitrogens with zero attached hydrogens (tertiary/aromatic N) is 4. The lowest BCUT2D eigenvalue weighted by Gasteiger charge is -2.20. The molecule has 0 saturated heterocycles. The van der Waals surface area contributed by atoms with Crippen LogP contribution in [0.25, 0.3) is 0 Å². The lowest BCUT2D eigenvalue weighted by Crippen LogP contribution is -2.28. The molecule has 25 heavy (non-hydrogen) atoms. The molecule has 0 spiro atoms. The van der Waals surface area contributed by atoms with E-state index in [1.165, 1.54) is 4.90 Å². The fourth-order valence-electron chi connectivity index (χ4n) is 2.84. The van der Waals surface area contributed by atoms with Crippen molar-refractivity contribution in [2.75, 3.05) is 18.5 Å². The Hall–Kier alpha value is -2.81. The van der Waals surface area contributed by atoms with Crippen molar-refractivity contribution in [2.45, 2.75) is 13.0 Å². The van der Waals surface area contributed by atoms with Crippen LogP contribution in [0.1, 0.15) is 28.9 Å². The Bertz CT molecular complexity index is 863. The van der Waals surface area contributed by atoms with Crippen molar-refractivity contribution < 1.29 is 14.1 Å². The first-order valence-corrected chi connectivity index (χ1v) is 7.75. The number of nitrogens with one attached hydrogen (secondary N) is 1. The molecule has 1 N–H and O–H groups in total. The zero-order valence-electron chi connectivity index (χ0n) is 13.1. The molecule has 0 fully saturated rings. The van der Waals surface area contributed by atoms with E-state index < -0.39 is 11.6 Å². The van der Waals surface area contributed by atoms with Gasteiger partial charge in [-0.15, -0.1) is 0 Å². The highest BCUT2D eigenvalue weighted by Gasteiger charge is 2.36. The van der Waals surface area contributed by atoms with Crippen LogP contribution in [0.15, 0.2) is 24.4 Å². The Kier molecular flexibility index (Phi) is 4.49. The topological polar surface area (TPSA) is 101 Å². The van der Waals surface area contributed by atoms with Crippen LogP contribution in [-0.2, 0) is 0 Å². The highest BCUT2D eigenvalue weighted by atomic mass is 35.5. The van der Waals surface area contributed by atoms with Gasteiger partial charge in [0.2, 0.25) is 11.1 Å². The maximum Gasteiger partial charge on any atom is 0.329 e. The van der Waals surface area contributed by atoms with Gasteiger partial charge in [-0.3, -0.25) is 14.9 Å². The van der Waals surface area contributed by atoms with Gasteiger partial charge in [0.05, 0.1) is 22.2 Å². The maximum absolute atomic E-state index is 12.7. The number of benzene rings is 1. The molecule has 0 radical (unpaired) electrons. The normalized spacial score (nSPS) is 16.0. The Labute approximate surface area is 146 Å². The number of hydrogen-bond acceptors (Lipinski definition) is 6. The molecule has 1 aliphatic heterocycles. The summed E-state index contributed by atoms with van der Waals surface area (Å²) in [5.74, 6) is -0.464. The number of alkyl halides is 1. The number of rotatable bonds is 5. The van der Waals surface area contributed by atoms with E-state index in [1.54, 1.807) is 25.1 Å². The fourth-order valence-corrected chi connectivity index (χ4v) is 2.98. The van der Waals surface area contributed by atoms with Crippen molar-refractivity contribution in [3.8, 4) is 0 Å². The Balaban J connectivity index is 2.04. The van der Waals surface area contributed by atoms with E-state index in [-0.39, 0.29) is 35.3 Å². The third-order valence-electron chi connectivity index (χ3n) is 4.00. The summed E-state index contributed by atoms with van der Waals surface area (Å²) in [6.45, 7) is 1.13. The predicted octanol–water partition coefficient (Wildman–Crippen LogP) is 3.27. The van der Waals surface area contributed by atoms with Gasteiger partial charge in [-0.1, -0.05) is 12.1 Å². The van der Waals surface area contributed by atoms with Crippen molar-refractivity contribution in [1.29, 1.82) is 0 Å². The number of carbonyl (C=O) groups excluding carboxylic acids is 1. The molecule has 10 heteroatoms. The van der Waals surface area contributed by atoms with Crippen molar-refractivity contribution in [2.24, 2.45) is 0 Å². The van der Waals surface area contributed by atoms with Crippen LogP contribution in [0.4, 0.5) is 21.6 Å². The Morgan fingerprint density at radius 1 is 1.48 bits per heavy atom. The lowest BCUT2D eigenvalue weighted by molar-refractivity contribution is -0.384. The van der Waals surface area contributed by atoms with E-state index in [0.29, 0.717) is 16.8 Å². The van der Waals surface area contributed by atoms with Gasteiger partial charge < -0.3 is 10.2 Å². The average Bonchev–Trinajstić information content (AvgIpc) is 2.81. The minimum atomic E-state index is -0.653. The molecule has 1 aromatic carbocycles. The van der Waals surface area contributed by atoms with Gasteiger partial charge in [0, 0.05) is 6.54 Å². The second-order valence-corrected chi connectivity index (χ2v) is 5.73. The van der Waals surface area contributed by atoms with Crippen LogP contribution < -0.4 is 5.32 Å². The molecular weight excluding hydrogens is 353 g/mol. The number of anilines is 2. The third kappa shape index (κ3) is 2.98. The molecule has 2 aromatic rings. The zero-order chi connectivity index (χ0) is 18.1. The fraction of sp³-hybridized carbons (Fsp3) is 0.267. The molecule has 0 saturated carbocycles. The SMILES string of the molecule is CC1c2cccc(Nc3nc(Cl)ncc3[N+](=O)[O-])c2C(=O)N1CCF.